The van der Waals surface area contributed by atoms with E-state index in [1.807, 2.05) is 0 Å². The Morgan fingerprint density at radius 3 is 1.51 bits per heavy atom. The van der Waals surface area contributed by atoms with Gasteiger partial charge in [0.2, 0.25) is 0 Å². The fourth-order valence-corrected chi connectivity index (χ4v) is 8.41. The summed E-state index contributed by atoms with van der Waals surface area (Å²) in [7, 11) is -2.33. The van der Waals surface area contributed by atoms with Crippen molar-refractivity contribution in [2.24, 2.45) is 28.8 Å². The predicted octanol–water partition coefficient (Wildman–Crippen LogP) is 10.6. The molecular formula is C60H72N4O4Si. The highest BCUT2D eigenvalue weighted by Crippen LogP contribution is 2.40. The second-order valence-electron chi connectivity index (χ2n) is 18.6. The van der Waals surface area contributed by atoms with Gasteiger partial charge in [0, 0.05) is 52.3 Å². The Hall–Kier alpha value is -6.40. The Kier molecular flexibility index (Phi) is 33.0. The summed E-state index contributed by atoms with van der Waals surface area (Å²) in [6, 6.07) is -0.535. The van der Waals surface area contributed by atoms with Gasteiger partial charge in [0.1, 0.15) is 0 Å². The molecule has 1 heterocycles. The van der Waals surface area contributed by atoms with E-state index in [-0.39, 0.29) is 54.1 Å². The van der Waals surface area contributed by atoms with Crippen LogP contribution in [-0.4, -0.2) is 51.9 Å². The van der Waals surface area contributed by atoms with Crippen molar-refractivity contribution < 1.29 is 18.7 Å². The molecule has 8 atom stereocenters. The van der Waals surface area contributed by atoms with Gasteiger partial charge in [-0.1, -0.05) is 143 Å². The van der Waals surface area contributed by atoms with E-state index in [2.05, 4.69) is 226 Å². The lowest BCUT2D eigenvalue weighted by Crippen LogP contribution is -2.56. The van der Waals surface area contributed by atoms with Crippen LogP contribution in [0.3, 0.4) is 0 Å². The Morgan fingerprint density at radius 2 is 1.09 bits per heavy atom. The van der Waals surface area contributed by atoms with Gasteiger partial charge >= 0.3 is 0 Å². The van der Waals surface area contributed by atoms with Crippen molar-refractivity contribution in [3.8, 4) is 142 Å². The van der Waals surface area contributed by atoms with Crippen molar-refractivity contribution in [3.63, 3.8) is 0 Å². The molecule has 0 aromatic carbocycles. The summed E-state index contributed by atoms with van der Waals surface area (Å²) in [4.78, 5) is 16.5. The normalized spacial score (nSPS) is 17.3. The molecule has 8 nitrogen and oxygen atoms in total. The number of amides is 1. The molecule has 69 heavy (non-hydrogen) atoms. The number of hydrogen-bond donors (Lipinski definition) is 1. The van der Waals surface area contributed by atoms with Crippen LogP contribution >= 0.6 is 0 Å². The van der Waals surface area contributed by atoms with Crippen molar-refractivity contribution in [1.29, 1.82) is 0 Å². The lowest BCUT2D eigenvalue weighted by Gasteiger charge is -2.45. The molecule has 2 unspecified atom stereocenters. The molecule has 360 valence electrons. The van der Waals surface area contributed by atoms with E-state index in [1.165, 1.54) is 64.2 Å². The van der Waals surface area contributed by atoms with Gasteiger partial charge in [-0.2, -0.15) is 0 Å². The van der Waals surface area contributed by atoms with Gasteiger partial charge in [-0.3, -0.25) is 4.79 Å². The first kappa shape index (κ1) is 60.6. The van der Waals surface area contributed by atoms with Crippen LogP contribution in [0, 0.1) is 166 Å². The van der Waals surface area contributed by atoms with E-state index in [4.69, 9.17) is 19.4 Å². The molecule has 0 aromatic heterocycles. The number of carbonyl (C=O) groups excluding carboxylic acids is 1. The topological polar surface area (TPSA) is 106 Å². The minimum absolute atomic E-state index is 0.0568. The molecule has 1 aliphatic heterocycles. The lowest BCUT2D eigenvalue weighted by atomic mass is 9.79. The zero-order valence-electron chi connectivity index (χ0n) is 43.2. The Bertz CT molecular complexity index is 2500. The molecule has 1 fully saturated rings. The molecule has 0 radical (unpaired) electrons. The summed E-state index contributed by atoms with van der Waals surface area (Å²) in [6.07, 6.45) is 15.1. The Labute approximate surface area is 419 Å². The number of unbranched alkanes of at least 4 members (excludes halogenated alkanes) is 11. The summed E-state index contributed by atoms with van der Waals surface area (Å²) in [5, 5.41) is 6.90. The summed E-state index contributed by atoms with van der Waals surface area (Å²) in [5.41, 5.74) is 9.04. The molecule has 0 saturated carbocycles. The molecule has 1 saturated heterocycles. The molecule has 0 spiro atoms. The molecule has 1 aliphatic rings. The first-order valence-corrected chi connectivity index (χ1v) is 27.3. The fourth-order valence-electron chi connectivity index (χ4n) is 6.98. The monoisotopic (exact) mass is 941 g/mol. The van der Waals surface area contributed by atoms with Crippen LogP contribution in [0.1, 0.15) is 146 Å². The second kappa shape index (κ2) is 37.6. The number of azide groups is 1. The highest BCUT2D eigenvalue weighted by atomic mass is 28.4. The minimum Gasteiger partial charge on any atom is -0.411 e. The van der Waals surface area contributed by atoms with Crippen LogP contribution in [0.25, 0.3) is 10.4 Å². The molecule has 1 rings (SSSR count). The Balaban J connectivity index is 3.17. The predicted molar refractivity (Wildman–Crippen MR) is 284 cm³/mol. The number of ether oxygens (including phenoxy) is 2. The van der Waals surface area contributed by atoms with Crippen LogP contribution in [0.15, 0.2) is 5.11 Å². The number of nitrogens with one attached hydrogen (secondary N) is 1. The van der Waals surface area contributed by atoms with Gasteiger partial charge in [-0.15, -0.1) is 0 Å². The first-order valence-electron chi connectivity index (χ1n) is 24.4. The van der Waals surface area contributed by atoms with Crippen molar-refractivity contribution in [2.45, 2.75) is 188 Å². The summed E-state index contributed by atoms with van der Waals surface area (Å²) in [6.45, 7) is 24.1. The summed E-state index contributed by atoms with van der Waals surface area (Å²) in [5.74, 6) is 61.7. The van der Waals surface area contributed by atoms with Crippen LogP contribution in [0.2, 0.25) is 18.1 Å². The molecular weight excluding hydrogens is 869 g/mol. The van der Waals surface area contributed by atoms with Crippen LogP contribution in [-0.2, 0) is 18.7 Å². The van der Waals surface area contributed by atoms with E-state index in [1.54, 1.807) is 6.92 Å². The number of rotatable bonds is 23. The average molecular weight is 941 g/mol. The zero-order valence-corrected chi connectivity index (χ0v) is 44.2. The molecule has 9 heteroatoms. The van der Waals surface area contributed by atoms with Crippen LogP contribution in [0.4, 0.5) is 0 Å². The van der Waals surface area contributed by atoms with E-state index in [0.717, 1.165) is 19.3 Å². The molecule has 1 N–H and O–H groups in total. The van der Waals surface area contributed by atoms with E-state index in [0.29, 0.717) is 0 Å². The standard InChI is InChI=1S/C60H72N4O4Si/c1-12-14-16-18-20-22-24-26-27-28-29-30-31-32-33-34-35-36-38-40-42-44-46-48-57(65)63-55(50-66-59-54(6)52(4)53(5)56(67-59)49-62-64-61)58(68-69(10,11)60(7,8)9)51(3)47-45-43-41-39-37-25-23-21-19-17-15-13-2/h51-56,58-59H,13,15,17,19,21,23,25,37,39,41,43,45,47,49-50H2,1-11H3,(H,63,65)/t51-,52+,53-,54?,55+,56?,58-,59+/m1/s1. The van der Waals surface area contributed by atoms with E-state index in [9.17, 15) is 4.79 Å². The van der Waals surface area contributed by atoms with E-state index >= 15 is 0 Å². The van der Waals surface area contributed by atoms with Crippen molar-refractivity contribution in [1.82, 2.24) is 5.32 Å². The third-order valence-electron chi connectivity index (χ3n) is 12.4. The minimum atomic E-state index is -2.33. The van der Waals surface area contributed by atoms with Crippen LogP contribution < -0.4 is 5.32 Å². The maximum absolute atomic E-state index is 13.6. The maximum Gasteiger partial charge on any atom is 0.297 e. The van der Waals surface area contributed by atoms with Gasteiger partial charge in [0.25, 0.3) is 5.91 Å². The largest absolute Gasteiger partial charge is 0.411 e. The SMILES string of the molecule is CC#CC#CC#CC#CC#CC#CC#CC#CC#CC#CC#CC#CC(=O)N[C@@H](CO[C@H]1OC(CN=[N+]=[N-])[C@H](C)[C@H](C)C1C)[C@H](O[Si](C)(C)C(C)(C)C)[C@H](C)CCCCCCCCCCCCCC. The highest BCUT2D eigenvalue weighted by molar-refractivity contribution is 6.74. The van der Waals surface area contributed by atoms with E-state index < -0.39 is 26.6 Å². The number of nitrogens with zero attached hydrogens (tertiary/aromatic N) is 3. The molecule has 0 aromatic rings. The molecule has 0 aliphatic carbocycles. The molecule has 1 amide bonds. The van der Waals surface area contributed by atoms with Crippen molar-refractivity contribution >= 4 is 14.2 Å². The summed E-state index contributed by atoms with van der Waals surface area (Å²) < 4.78 is 20.3. The van der Waals surface area contributed by atoms with Gasteiger partial charge in [0.15, 0.2) is 14.6 Å². The average Bonchev–Trinajstić information content (AvgIpc) is 3.31. The maximum atomic E-state index is 13.6. The van der Waals surface area contributed by atoms with Gasteiger partial charge in [0.05, 0.1) is 31.4 Å². The van der Waals surface area contributed by atoms with Crippen LogP contribution in [0.5, 0.6) is 0 Å². The smallest absolute Gasteiger partial charge is 0.297 e. The molecule has 0 bridgehead atoms. The first-order chi connectivity index (χ1) is 33.2. The third-order valence-corrected chi connectivity index (χ3v) is 16.9. The quantitative estimate of drug-likeness (QED) is 0.0275. The van der Waals surface area contributed by atoms with Crippen molar-refractivity contribution in [2.75, 3.05) is 13.2 Å². The Morgan fingerprint density at radius 1 is 0.667 bits per heavy atom. The number of carbonyl (C=O) groups is 1. The van der Waals surface area contributed by atoms with Crippen molar-refractivity contribution in [3.05, 3.63) is 10.4 Å². The third kappa shape index (κ3) is 28.5. The highest BCUT2D eigenvalue weighted by Gasteiger charge is 2.44. The lowest BCUT2D eigenvalue weighted by molar-refractivity contribution is -0.248. The number of hydrogen-bond acceptors (Lipinski definition) is 5. The van der Waals surface area contributed by atoms with Gasteiger partial charge in [-0.05, 0) is 149 Å². The second-order valence-corrected chi connectivity index (χ2v) is 23.3. The zero-order chi connectivity index (χ0) is 51.0. The fraction of sp³-hybridized carbons (Fsp3) is 0.583. The van der Waals surface area contributed by atoms with Gasteiger partial charge < -0.3 is 19.2 Å². The summed E-state index contributed by atoms with van der Waals surface area (Å²) >= 11 is 0. The van der Waals surface area contributed by atoms with Gasteiger partial charge in [-0.25, -0.2) is 0 Å².